The normalized spacial score (nSPS) is 11.7. The summed E-state index contributed by atoms with van der Waals surface area (Å²) in [5, 5.41) is 0. The molecule has 0 N–H and O–H groups in total. The molecule has 20 heavy (non-hydrogen) atoms. The van der Waals surface area contributed by atoms with Crippen LogP contribution in [0, 0.1) is 25.5 Å². The number of rotatable bonds is 3. The van der Waals surface area contributed by atoms with Crippen LogP contribution in [0.4, 0.5) is 8.78 Å². The highest BCUT2D eigenvalue weighted by molar-refractivity contribution is 5.35. The molecule has 2 rings (SSSR count). The molecule has 0 heterocycles. The Hall–Kier alpha value is -1.70. The van der Waals surface area contributed by atoms with Gasteiger partial charge in [0.15, 0.2) is 11.6 Å². The van der Waals surface area contributed by atoms with Crippen LogP contribution >= 0.6 is 0 Å². The van der Waals surface area contributed by atoms with Gasteiger partial charge in [0.2, 0.25) is 0 Å². The van der Waals surface area contributed by atoms with E-state index in [4.69, 9.17) is 0 Å². The number of aryl methyl sites for hydroxylation is 2. The topological polar surface area (TPSA) is 0 Å². The Labute approximate surface area is 119 Å². The van der Waals surface area contributed by atoms with E-state index < -0.39 is 17.0 Å². The van der Waals surface area contributed by atoms with E-state index >= 15 is 0 Å². The Morgan fingerprint density at radius 2 is 1.70 bits per heavy atom. The quantitative estimate of drug-likeness (QED) is 0.730. The summed E-state index contributed by atoms with van der Waals surface area (Å²) in [5.74, 6) is -1.51. The summed E-state index contributed by atoms with van der Waals surface area (Å²) in [6, 6.07) is 10.7. The highest BCUT2D eigenvalue weighted by Crippen LogP contribution is 2.31. The predicted octanol–water partition coefficient (Wildman–Crippen LogP) is 5.10. The third-order valence-corrected chi connectivity index (χ3v) is 3.82. The summed E-state index contributed by atoms with van der Waals surface area (Å²) in [6.07, 6.45) is 0.681. The molecule has 0 amide bonds. The first-order chi connectivity index (χ1) is 9.31. The van der Waals surface area contributed by atoms with Gasteiger partial charge in [0.1, 0.15) is 0 Å². The first-order valence-corrected chi connectivity index (χ1v) is 6.82. The van der Waals surface area contributed by atoms with Crippen LogP contribution < -0.4 is 0 Å². The molecular formula is C18H20F2. The smallest absolute Gasteiger partial charge is 0.162 e. The van der Waals surface area contributed by atoms with Crippen LogP contribution in [0.2, 0.25) is 0 Å². The SMILES string of the molecule is Cc1ccc(C)c(CC(C)(C)c2cccc(F)c2F)c1. The van der Waals surface area contributed by atoms with Crippen LogP contribution in [0.15, 0.2) is 36.4 Å². The number of hydrogen-bond donors (Lipinski definition) is 0. The molecule has 0 nitrogen and oxygen atoms in total. The van der Waals surface area contributed by atoms with Crippen molar-refractivity contribution in [3.05, 3.63) is 70.3 Å². The van der Waals surface area contributed by atoms with Crippen molar-refractivity contribution in [1.82, 2.24) is 0 Å². The fourth-order valence-electron chi connectivity index (χ4n) is 2.59. The zero-order valence-corrected chi connectivity index (χ0v) is 12.4. The van der Waals surface area contributed by atoms with E-state index in [1.54, 1.807) is 12.1 Å². The second-order valence-corrected chi connectivity index (χ2v) is 6.09. The fourth-order valence-corrected chi connectivity index (χ4v) is 2.59. The molecule has 0 aliphatic heterocycles. The summed E-state index contributed by atoms with van der Waals surface area (Å²) in [6.45, 7) is 7.99. The van der Waals surface area contributed by atoms with Crippen molar-refractivity contribution in [2.24, 2.45) is 0 Å². The Morgan fingerprint density at radius 3 is 2.40 bits per heavy atom. The minimum Gasteiger partial charge on any atom is -0.204 e. The molecule has 0 fully saturated rings. The van der Waals surface area contributed by atoms with Crippen molar-refractivity contribution >= 4 is 0 Å². The Bertz CT molecular complexity index is 627. The van der Waals surface area contributed by atoms with Crippen molar-refractivity contribution in [3.8, 4) is 0 Å². The van der Waals surface area contributed by atoms with Crippen molar-refractivity contribution < 1.29 is 8.78 Å². The maximum absolute atomic E-state index is 14.0. The van der Waals surface area contributed by atoms with Gasteiger partial charge in [0.25, 0.3) is 0 Å². The molecular weight excluding hydrogens is 254 g/mol. The lowest BCUT2D eigenvalue weighted by Gasteiger charge is -2.27. The average Bonchev–Trinajstić information content (AvgIpc) is 2.36. The highest BCUT2D eigenvalue weighted by Gasteiger charge is 2.26. The monoisotopic (exact) mass is 274 g/mol. The van der Waals surface area contributed by atoms with Gasteiger partial charge in [-0.1, -0.05) is 49.7 Å². The zero-order chi connectivity index (χ0) is 14.9. The molecule has 0 bridgehead atoms. The number of benzene rings is 2. The molecule has 0 atom stereocenters. The van der Waals surface area contributed by atoms with E-state index in [1.165, 1.54) is 16.7 Å². The van der Waals surface area contributed by atoms with E-state index in [0.717, 1.165) is 6.07 Å². The molecule has 0 saturated carbocycles. The maximum atomic E-state index is 14.0. The molecule has 0 spiro atoms. The summed E-state index contributed by atoms with van der Waals surface area (Å²) >= 11 is 0. The van der Waals surface area contributed by atoms with Crippen molar-refractivity contribution in [1.29, 1.82) is 0 Å². The van der Waals surface area contributed by atoms with Gasteiger partial charge in [-0.25, -0.2) is 8.78 Å². The van der Waals surface area contributed by atoms with Crippen LogP contribution in [-0.2, 0) is 11.8 Å². The van der Waals surface area contributed by atoms with Gasteiger partial charge in [-0.3, -0.25) is 0 Å². The van der Waals surface area contributed by atoms with Crippen LogP contribution in [0.3, 0.4) is 0 Å². The first-order valence-electron chi connectivity index (χ1n) is 6.82. The number of hydrogen-bond acceptors (Lipinski definition) is 0. The molecule has 0 saturated heterocycles. The molecule has 2 aromatic rings. The van der Waals surface area contributed by atoms with E-state index in [0.29, 0.717) is 12.0 Å². The van der Waals surface area contributed by atoms with Crippen LogP contribution in [0.1, 0.15) is 36.1 Å². The summed E-state index contributed by atoms with van der Waals surface area (Å²) < 4.78 is 27.4. The molecule has 0 unspecified atom stereocenters. The van der Waals surface area contributed by atoms with Gasteiger partial charge in [-0.2, -0.15) is 0 Å². The molecule has 2 aromatic carbocycles. The molecule has 2 heteroatoms. The third kappa shape index (κ3) is 2.90. The Balaban J connectivity index is 2.40. The predicted molar refractivity (Wildman–Crippen MR) is 79.0 cm³/mol. The van der Waals surface area contributed by atoms with Crippen molar-refractivity contribution in [2.45, 2.75) is 39.5 Å². The third-order valence-electron chi connectivity index (χ3n) is 3.82. The largest absolute Gasteiger partial charge is 0.204 e. The molecule has 0 aliphatic rings. The first kappa shape index (κ1) is 14.7. The van der Waals surface area contributed by atoms with Crippen molar-refractivity contribution in [2.75, 3.05) is 0 Å². The molecule has 106 valence electrons. The van der Waals surface area contributed by atoms with E-state index in [2.05, 4.69) is 18.2 Å². The zero-order valence-electron chi connectivity index (χ0n) is 12.4. The number of halogens is 2. The van der Waals surface area contributed by atoms with Gasteiger partial charge in [0.05, 0.1) is 0 Å². The fraction of sp³-hybridized carbons (Fsp3) is 0.333. The van der Waals surface area contributed by atoms with Crippen LogP contribution in [0.5, 0.6) is 0 Å². The molecule has 0 radical (unpaired) electrons. The minimum atomic E-state index is -0.781. The second kappa shape index (κ2) is 5.35. The van der Waals surface area contributed by atoms with E-state index in [-0.39, 0.29) is 0 Å². The molecule has 0 aliphatic carbocycles. The molecule has 0 aromatic heterocycles. The van der Waals surface area contributed by atoms with Crippen molar-refractivity contribution in [3.63, 3.8) is 0 Å². The lowest BCUT2D eigenvalue weighted by molar-refractivity contribution is 0.444. The second-order valence-electron chi connectivity index (χ2n) is 6.09. The van der Waals surface area contributed by atoms with Crippen LogP contribution in [-0.4, -0.2) is 0 Å². The average molecular weight is 274 g/mol. The van der Waals surface area contributed by atoms with E-state index in [1.807, 2.05) is 27.7 Å². The summed E-state index contributed by atoms with van der Waals surface area (Å²) in [4.78, 5) is 0. The van der Waals surface area contributed by atoms with Gasteiger partial charge in [-0.05, 0) is 48.4 Å². The maximum Gasteiger partial charge on any atom is 0.162 e. The summed E-state index contributed by atoms with van der Waals surface area (Å²) in [5.41, 5.74) is 3.52. The van der Waals surface area contributed by atoms with Gasteiger partial charge < -0.3 is 0 Å². The van der Waals surface area contributed by atoms with Gasteiger partial charge >= 0.3 is 0 Å². The minimum absolute atomic E-state index is 0.429. The standard InChI is InChI=1S/C18H20F2/c1-12-8-9-13(2)14(10-12)11-18(3,4)15-6-5-7-16(19)17(15)20/h5-10H,11H2,1-4H3. The summed E-state index contributed by atoms with van der Waals surface area (Å²) in [7, 11) is 0. The highest BCUT2D eigenvalue weighted by atomic mass is 19.2. The lowest BCUT2D eigenvalue weighted by atomic mass is 9.78. The Morgan fingerprint density at radius 1 is 1.00 bits per heavy atom. The van der Waals surface area contributed by atoms with Gasteiger partial charge in [-0.15, -0.1) is 0 Å². The van der Waals surface area contributed by atoms with Crippen LogP contribution in [0.25, 0.3) is 0 Å². The van der Waals surface area contributed by atoms with E-state index in [9.17, 15) is 8.78 Å². The Kier molecular flexibility index (Phi) is 3.94. The lowest BCUT2D eigenvalue weighted by Crippen LogP contribution is -2.23. The van der Waals surface area contributed by atoms with Gasteiger partial charge in [0, 0.05) is 0 Å².